The lowest BCUT2D eigenvalue weighted by Gasteiger charge is -2.32. The average molecular weight is 381 g/mol. The van der Waals surface area contributed by atoms with Crippen LogP contribution < -0.4 is 5.32 Å². The first-order chi connectivity index (χ1) is 12.3. The Morgan fingerprint density at radius 3 is 2.54 bits per heavy atom. The van der Waals surface area contributed by atoms with Crippen LogP contribution in [0.5, 0.6) is 0 Å². The third-order valence-corrected chi connectivity index (χ3v) is 5.66. The number of carbonyl (C=O) groups is 1. The Morgan fingerprint density at radius 2 is 1.96 bits per heavy atom. The molecule has 26 heavy (non-hydrogen) atoms. The molecule has 0 bridgehead atoms. The lowest BCUT2D eigenvalue weighted by molar-refractivity contribution is 0.0525. The third-order valence-electron chi connectivity index (χ3n) is 5.38. The molecule has 0 aromatic heterocycles. The Kier molecular flexibility index (Phi) is 7.36. The maximum atomic E-state index is 12.1. The van der Waals surface area contributed by atoms with Gasteiger partial charge in [-0.25, -0.2) is 4.79 Å². The predicted octanol–water partition coefficient (Wildman–Crippen LogP) is 4.91. The molecule has 1 aromatic rings. The van der Waals surface area contributed by atoms with Crippen LogP contribution in [0.25, 0.3) is 0 Å². The third kappa shape index (κ3) is 4.92. The molecular weight excluding hydrogens is 348 g/mol. The largest absolute Gasteiger partial charge is 0.462 e. The summed E-state index contributed by atoms with van der Waals surface area (Å²) in [6, 6.07) is 6.69. The molecule has 1 aromatic carbocycles. The summed E-state index contributed by atoms with van der Waals surface area (Å²) in [4.78, 5) is 14.6. The summed E-state index contributed by atoms with van der Waals surface area (Å²) < 4.78 is 5.12. The number of nitrogens with zero attached hydrogens (tertiary/aromatic N) is 1. The molecular formula is C21H33ClN2O2. The Balaban J connectivity index is 2.21. The molecule has 0 aliphatic heterocycles. The Hall–Kier alpha value is -1.26. The molecule has 1 fully saturated rings. The van der Waals surface area contributed by atoms with Crippen molar-refractivity contribution in [3.63, 3.8) is 0 Å². The van der Waals surface area contributed by atoms with Crippen molar-refractivity contribution >= 4 is 23.3 Å². The lowest BCUT2D eigenvalue weighted by atomic mass is 9.91. The SMILES string of the molecule is CCOC(=O)c1ccc(NC2CC(C)(C)CC2N(CC)CC)cc1CCl. The van der Waals surface area contributed by atoms with Crippen LogP contribution in [0.1, 0.15) is 63.4 Å². The van der Waals surface area contributed by atoms with Gasteiger partial charge in [-0.3, -0.25) is 4.90 Å². The van der Waals surface area contributed by atoms with Crippen LogP contribution in [-0.2, 0) is 10.6 Å². The molecule has 0 spiro atoms. The van der Waals surface area contributed by atoms with Crippen LogP contribution in [-0.4, -0.2) is 42.6 Å². The van der Waals surface area contributed by atoms with Crippen molar-refractivity contribution < 1.29 is 9.53 Å². The van der Waals surface area contributed by atoms with E-state index in [0.29, 0.717) is 35.5 Å². The number of nitrogens with one attached hydrogen (secondary N) is 1. The summed E-state index contributed by atoms with van der Waals surface area (Å²) in [6.07, 6.45) is 2.32. The van der Waals surface area contributed by atoms with E-state index in [1.54, 1.807) is 0 Å². The number of rotatable bonds is 8. The highest BCUT2D eigenvalue weighted by atomic mass is 35.5. The molecule has 1 N–H and O–H groups in total. The number of hydrogen-bond acceptors (Lipinski definition) is 4. The number of benzene rings is 1. The number of esters is 1. The minimum atomic E-state index is -0.308. The second kappa shape index (κ2) is 9.09. The topological polar surface area (TPSA) is 41.6 Å². The molecule has 1 aliphatic carbocycles. The van der Waals surface area contributed by atoms with Crippen molar-refractivity contribution in [1.29, 1.82) is 0 Å². The van der Waals surface area contributed by atoms with Crippen LogP contribution in [0.4, 0.5) is 5.69 Å². The monoisotopic (exact) mass is 380 g/mol. The molecule has 1 aliphatic rings. The van der Waals surface area contributed by atoms with E-state index in [4.69, 9.17) is 16.3 Å². The normalized spacial score (nSPS) is 21.8. The molecule has 0 heterocycles. The molecule has 2 unspecified atom stereocenters. The zero-order valence-corrected chi connectivity index (χ0v) is 17.5. The zero-order valence-electron chi connectivity index (χ0n) is 16.8. The van der Waals surface area contributed by atoms with E-state index in [1.165, 1.54) is 6.42 Å². The summed E-state index contributed by atoms with van der Waals surface area (Å²) in [5, 5.41) is 3.72. The van der Waals surface area contributed by atoms with Crippen molar-refractivity contribution in [2.24, 2.45) is 5.41 Å². The van der Waals surface area contributed by atoms with E-state index in [0.717, 1.165) is 30.8 Å². The second-order valence-corrected chi connectivity index (χ2v) is 8.11. The number of halogens is 1. The van der Waals surface area contributed by atoms with Gasteiger partial charge in [0.05, 0.1) is 12.2 Å². The molecule has 0 amide bonds. The Labute approximate surface area is 163 Å². The number of anilines is 1. The van der Waals surface area contributed by atoms with E-state index < -0.39 is 0 Å². The fraction of sp³-hybridized carbons (Fsp3) is 0.667. The molecule has 2 atom stereocenters. The number of alkyl halides is 1. The summed E-state index contributed by atoms with van der Waals surface area (Å²) in [7, 11) is 0. The fourth-order valence-electron chi connectivity index (χ4n) is 4.16. The number of carbonyl (C=O) groups excluding carboxylic acids is 1. The molecule has 2 rings (SSSR count). The first kappa shape index (κ1) is 21.0. The summed E-state index contributed by atoms with van der Waals surface area (Å²) >= 11 is 6.09. The summed E-state index contributed by atoms with van der Waals surface area (Å²) in [5.74, 6) is -0.0167. The molecule has 0 saturated heterocycles. The predicted molar refractivity (Wildman–Crippen MR) is 109 cm³/mol. The van der Waals surface area contributed by atoms with Gasteiger partial charge >= 0.3 is 5.97 Å². The maximum Gasteiger partial charge on any atom is 0.338 e. The van der Waals surface area contributed by atoms with E-state index in [-0.39, 0.29) is 5.97 Å². The van der Waals surface area contributed by atoms with E-state index >= 15 is 0 Å². The molecule has 4 nitrogen and oxygen atoms in total. The van der Waals surface area contributed by atoms with Gasteiger partial charge in [-0.1, -0.05) is 27.7 Å². The van der Waals surface area contributed by atoms with Crippen molar-refractivity contribution in [2.75, 3.05) is 25.0 Å². The highest BCUT2D eigenvalue weighted by Crippen LogP contribution is 2.41. The van der Waals surface area contributed by atoms with E-state index in [1.807, 2.05) is 25.1 Å². The molecule has 1 saturated carbocycles. The van der Waals surface area contributed by atoms with Gasteiger partial charge < -0.3 is 10.1 Å². The smallest absolute Gasteiger partial charge is 0.338 e. The van der Waals surface area contributed by atoms with E-state index in [2.05, 4.69) is 37.9 Å². The first-order valence-corrected chi connectivity index (χ1v) is 10.2. The summed E-state index contributed by atoms with van der Waals surface area (Å²) in [5.41, 5.74) is 2.71. The van der Waals surface area contributed by atoms with Gasteiger partial charge in [0.15, 0.2) is 0 Å². The van der Waals surface area contributed by atoms with Gasteiger partial charge in [0.2, 0.25) is 0 Å². The van der Waals surface area contributed by atoms with Crippen molar-refractivity contribution in [3.8, 4) is 0 Å². The fourth-order valence-corrected chi connectivity index (χ4v) is 4.38. The zero-order chi connectivity index (χ0) is 19.3. The molecule has 0 radical (unpaired) electrons. The van der Waals surface area contributed by atoms with Crippen molar-refractivity contribution in [2.45, 2.75) is 65.4 Å². The average Bonchev–Trinajstić information content (AvgIpc) is 2.90. The van der Waals surface area contributed by atoms with Gasteiger partial charge in [0, 0.05) is 23.7 Å². The highest BCUT2D eigenvalue weighted by Gasteiger charge is 2.41. The number of hydrogen-bond donors (Lipinski definition) is 1. The van der Waals surface area contributed by atoms with Crippen molar-refractivity contribution in [1.82, 2.24) is 4.90 Å². The van der Waals surface area contributed by atoms with Crippen LogP contribution in [0.15, 0.2) is 18.2 Å². The van der Waals surface area contributed by atoms with Crippen LogP contribution in [0, 0.1) is 5.41 Å². The number of ether oxygens (including phenoxy) is 1. The van der Waals surface area contributed by atoms with Crippen LogP contribution >= 0.6 is 11.6 Å². The lowest BCUT2D eigenvalue weighted by Crippen LogP contribution is -2.43. The second-order valence-electron chi connectivity index (χ2n) is 7.84. The van der Waals surface area contributed by atoms with Gasteiger partial charge in [0.1, 0.15) is 0 Å². The first-order valence-electron chi connectivity index (χ1n) is 9.71. The quantitative estimate of drug-likeness (QED) is 0.513. The van der Waals surface area contributed by atoms with Gasteiger partial charge in [0.25, 0.3) is 0 Å². The standard InChI is InChI=1S/C21H33ClN2O2/c1-6-24(7-2)19-13-21(4,5)12-18(19)23-16-9-10-17(15(11-16)14-22)20(25)26-8-3/h9-11,18-19,23H,6-8,12-14H2,1-5H3. The highest BCUT2D eigenvalue weighted by molar-refractivity contribution is 6.17. The summed E-state index contributed by atoms with van der Waals surface area (Å²) in [6.45, 7) is 13.4. The van der Waals surface area contributed by atoms with Crippen LogP contribution in [0.2, 0.25) is 0 Å². The molecule has 5 heteroatoms. The Bertz CT molecular complexity index is 614. The minimum absolute atomic E-state index is 0.291. The Morgan fingerprint density at radius 1 is 1.27 bits per heavy atom. The van der Waals surface area contributed by atoms with Gasteiger partial charge in [-0.2, -0.15) is 0 Å². The van der Waals surface area contributed by atoms with Gasteiger partial charge in [-0.05, 0) is 62.0 Å². The van der Waals surface area contributed by atoms with E-state index in [9.17, 15) is 4.79 Å². The number of likely N-dealkylation sites (N-methyl/N-ethyl adjacent to an activating group) is 1. The minimum Gasteiger partial charge on any atom is -0.462 e. The van der Waals surface area contributed by atoms with Crippen molar-refractivity contribution in [3.05, 3.63) is 29.3 Å². The van der Waals surface area contributed by atoms with Gasteiger partial charge in [-0.15, -0.1) is 11.6 Å². The molecule has 146 valence electrons. The van der Waals surface area contributed by atoms with Crippen LogP contribution in [0.3, 0.4) is 0 Å². The maximum absolute atomic E-state index is 12.1.